The van der Waals surface area contributed by atoms with Gasteiger partial charge in [0, 0.05) is 18.5 Å². The van der Waals surface area contributed by atoms with E-state index in [0.717, 1.165) is 43.8 Å². The molecule has 1 aliphatic rings. The van der Waals surface area contributed by atoms with Gasteiger partial charge in [0.2, 0.25) is 0 Å². The van der Waals surface area contributed by atoms with Crippen LogP contribution in [0.1, 0.15) is 32.5 Å². The first-order valence-corrected chi connectivity index (χ1v) is 7.08. The minimum absolute atomic E-state index is 0.0570. The lowest BCUT2D eigenvalue weighted by atomic mass is 9.83. The lowest BCUT2D eigenvalue weighted by molar-refractivity contribution is 0.408. The van der Waals surface area contributed by atoms with Crippen molar-refractivity contribution in [1.82, 2.24) is 14.9 Å². The molecule has 1 fully saturated rings. The molecule has 1 unspecified atom stereocenters. The second-order valence-electron chi connectivity index (χ2n) is 5.35. The smallest absolute Gasteiger partial charge is 0.151 e. The van der Waals surface area contributed by atoms with E-state index in [1.807, 2.05) is 6.07 Å². The summed E-state index contributed by atoms with van der Waals surface area (Å²) >= 11 is 0. The summed E-state index contributed by atoms with van der Waals surface area (Å²) in [6, 6.07) is 5.22. The van der Waals surface area contributed by atoms with Gasteiger partial charge in [-0.3, -0.25) is 0 Å². The number of aromatic nitrogens is 2. The zero-order valence-electron chi connectivity index (χ0n) is 11.5. The standard InChI is InChI=1S/C15H20FN3/c1-3-15(8-9-17-10-15)14-18-13-11(16)6-5-7-12(13)19(14)4-2/h5-7,17H,3-4,8-10H2,1-2H3. The molecule has 19 heavy (non-hydrogen) atoms. The highest BCUT2D eigenvalue weighted by molar-refractivity contribution is 5.77. The maximum absolute atomic E-state index is 13.9. The third kappa shape index (κ3) is 1.77. The Hall–Kier alpha value is -1.42. The first-order chi connectivity index (χ1) is 9.22. The van der Waals surface area contributed by atoms with Crippen molar-refractivity contribution < 1.29 is 4.39 Å². The molecule has 0 amide bonds. The Morgan fingerprint density at radius 2 is 2.26 bits per heavy atom. The Morgan fingerprint density at radius 1 is 1.42 bits per heavy atom. The summed E-state index contributed by atoms with van der Waals surface area (Å²) in [6.07, 6.45) is 2.11. The van der Waals surface area contributed by atoms with Crippen LogP contribution in [-0.2, 0) is 12.0 Å². The van der Waals surface area contributed by atoms with Gasteiger partial charge in [0.15, 0.2) is 5.82 Å². The summed E-state index contributed by atoms with van der Waals surface area (Å²) < 4.78 is 16.1. The van der Waals surface area contributed by atoms with Crippen molar-refractivity contribution >= 4 is 11.0 Å². The fourth-order valence-corrected chi connectivity index (χ4v) is 3.23. The van der Waals surface area contributed by atoms with Crippen LogP contribution >= 0.6 is 0 Å². The molecule has 0 spiro atoms. The minimum atomic E-state index is -0.219. The molecule has 0 bridgehead atoms. The predicted octanol–water partition coefficient (Wildman–Crippen LogP) is 2.84. The molecule has 2 heterocycles. The van der Waals surface area contributed by atoms with Gasteiger partial charge >= 0.3 is 0 Å². The number of nitrogens with one attached hydrogen (secondary N) is 1. The van der Waals surface area contributed by atoms with Crippen LogP contribution in [0.2, 0.25) is 0 Å². The summed E-state index contributed by atoms with van der Waals surface area (Å²) in [4.78, 5) is 4.66. The van der Waals surface area contributed by atoms with Gasteiger partial charge in [-0.2, -0.15) is 0 Å². The Labute approximate surface area is 112 Å². The van der Waals surface area contributed by atoms with Crippen molar-refractivity contribution in [3.05, 3.63) is 29.8 Å². The molecule has 2 aromatic rings. The Kier molecular flexibility index (Phi) is 3.05. The van der Waals surface area contributed by atoms with E-state index in [4.69, 9.17) is 0 Å². The molecule has 4 heteroatoms. The number of aryl methyl sites for hydroxylation is 1. The Morgan fingerprint density at radius 3 is 2.89 bits per heavy atom. The third-order valence-electron chi connectivity index (χ3n) is 4.44. The molecule has 1 atom stereocenters. The highest BCUT2D eigenvalue weighted by Gasteiger charge is 2.38. The van der Waals surface area contributed by atoms with Gasteiger partial charge in [0.1, 0.15) is 11.3 Å². The van der Waals surface area contributed by atoms with Gasteiger partial charge in [-0.25, -0.2) is 9.37 Å². The van der Waals surface area contributed by atoms with Crippen molar-refractivity contribution in [1.29, 1.82) is 0 Å². The number of imidazole rings is 1. The lowest BCUT2D eigenvalue weighted by Gasteiger charge is -2.26. The molecule has 0 radical (unpaired) electrons. The average Bonchev–Trinajstić information content (AvgIpc) is 3.04. The molecule has 1 saturated heterocycles. The van der Waals surface area contributed by atoms with Gasteiger partial charge in [0.25, 0.3) is 0 Å². The average molecular weight is 261 g/mol. The number of rotatable bonds is 3. The van der Waals surface area contributed by atoms with Crippen LogP contribution in [0.5, 0.6) is 0 Å². The third-order valence-corrected chi connectivity index (χ3v) is 4.44. The van der Waals surface area contributed by atoms with Gasteiger partial charge in [-0.15, -0.1) is 0 Å². The van der Waals surface area contributed by atoms with E-state index in [2.05, 4.69) is 28.7 Å². The molecule has 1 aromatic heterocycles. The van der Waals surface area contributed by atoms with E-state index in [0.29, 0.717) is 5.52 Å². The van der Waals surface area contributed by atoms with Gasteiger partial charge in [-0.1, -0.05) is 13.0 Å². The maximum Gasteiger partial charge on any atom is 0.151 e. The maximum atomic E-state index is 13.9. The highest BCUT2D eigenvalue weighted by atomic mass is 19.1. The van der Waals surface area contributed by atoms with Crippen molar-refractivity contribution in [3.63, 3.8) is 0 Å². The van der Waals surface area contributed by atoms with Crippen LogP contribution in [0.3, 0.4) is 0 Å². The van der Waals surface area contributed by atoms with Crippen LogP contribution in [0.4, 0.5) is 4.39 Å². The highest BCUT2D eigenvalue weighted by Crippen LogP contribution is 2.35. The van der Waals surface area contributed by atoms with E-state index in [1.165, 1.54) is 6.07 Å². The summed E-state index contributed by atoms with van der Waals surface area (Å²) in [5, 5.41) is 3.43. The first kappa shape index (κ1) is 12.6. The molecular formula is C15H20FN3. The number of fused-ring (bicyclic) bond motifs is 1. The quantitative estimate of drug-likeness (QED) is 0.920. The normalized spacial score (nSPS) is 23.3. The van der Waals surface area contributed by atoms with Gasteiger partial charge < -0.3 is 9.88 Å². The van der Waals surface area contributed by atoms with E-state index in [1.54, 1.807) is 6.07 Å². The van der Waals surface area contributed by atoms with E-state index in [9.17, 15) is 4.39 Å². The summed E-state index contributed by atoms with van der Waals surface area (Å²) in [7, 11) is 0. The minimum Gasteiger partial charge on any atom is -0.328 e. The summed E-state index contributed by atoms with van der Waals surface area (Å²) in [6.45, 7) is 7.08. The number of hydrogen-bond acceptors (Lipinski definition) is 2. The van der Waals surface area contributed by atoms with Crippen LogP contribution in [0.25, 0.3) is 11.0 Å². The first-order valence-electron chi connectivity index (χ1n) is 7.08. The van der Waals surface area contributed by atoms with Crippen LogP contribution in [-0.4, -0.2) is 22.6 Å². The van der Waals surface area contributed by atoms with Crippen molar-refractivity contribution in [3.8, 4) is 0 Å². The van der Waals surface area contributed by atoms with Gasteiger partial charge in [-0.05, 0) is 38.4 Å². The molecule has 102 valence electrons. The largest absolute Gasteiger partial charge is 0.328 e. The number of halogens is 1. The van der Waals surface area contributed by atoms with E-state index in [-0.39, 0.29) is 11.2 Å². The van der Waals surface area contributed by atoms with Crippen molar-refractivity contribution in [2.45, 2.75) is 38.6 Å². The molecular weight excluding hydrogens is 241 g/mol. The molecule has 1 aromatic carbocycles. The fourth-order valence-electron chi connectivity index (χ4n) is 3.23. The fraction of sp³-hybridized carbons (Fsp3) is 0.533. The molecule has 0 aliphatic carbocycles. The Balaban J connectivity index is 2.26. The zero-order chi connectivity index (χ0) is 13.5. The monoisotopic (exact) mass is 261 g/mol. The lowest BCUT2D eigenvalue weighted by Crippen LogP contribution is -2.31. The van der Waals surface area contributed by atoms with Crippen molar-refractivity contribution in [2.24, 2.45) is 0 Å². The van der Waals surface area contributed by atoms with Crippen LogP contribution < -0.4 is 5.32 Å². The van der Waals surface area contributed by atoms with Crippen LogP contribution in [0, 0.1) is 5.82 Å². The molecule has 3 nitrogen and oxygen atoms in total. The summed E-state index contributed by atoms with van der Waals surface area (Å²) in [5.74, 6) is 0.825. The number of hydrogen-bond donors (Lipinski definition) is 1. The zero-order valence-corrected chi connectivity index (χ0v) is 11.5. The van der Waals surface area contributed by atoms with E-state index >= 15 is 0 Å². The predicted molar refractivity (Wildman–Crippen MR) is 74.8 cm³/mol. The van der Waals surface area contributed by atoms with Crippen LogP contribution in [0.15, 0.2) is 18.2 Å². The number of para-hydroxylation sites is 1. The van der Waals surface area contributed by atoms with Gasteiger partial charge in [0.05, 0.1) is 5.52 Å². The van der Waals surface area contributed by atoms with E-state index < -0.39 is 0 Å². The molecule has 1 N–H and O–H groups in total. The second kappa shape index (κ2) is 4.60. The topological polar surface area (TPSA) is 29.9 Å². The Bertz CT molecular complexity index is 597. The van der Waals surface area contributed by atoms with Crippen molar-refractivity contribution in [2.75, 3.05) is 13.1 Å². The summed E-state index contributed by atoms with van der Waals surface area (Å²) in [5.41, 5.74) is 1.48. The number of benzene rings is 1. The number of nitrogens with zero attached hydrogens (tertiary/aromatic N) is 2. The molecule has 0 saturated carbocycles. The molecule has 3 rings (SSSR count). The SMILES string of the molecule is CCn1c(C2(CC)CCNC2)nc2c(F)cccc21. The second-order valence-corrected chi connectivity index (χ2v) is 5.35. The molecule has 1 aliphatic heterocycles.